The first kappa shape index (κ1) is 16.5. The number of hydrogen-bond donors (Lipinski definition) is 3. The summed E-state index contributed by atoms with van der Waals surface area (Å²) in [5.41, 5.74) is 3.88. The van der Waals surface area contributed by atoms with E-state index in [4.69, 9.17) is 0 Å². The van der Waals surface area contributed by atoms with Crippen molar-refractivity contribution in [2.75, 3.05) is 33.2 Å². The van der Waals surface area contributed by atoms with Gasteiger partial charge in [-0.15, -0.1) is 0 Å². The van der Waals surface area contributed by atoms with Crippen molar-refractivity contribution in [1.82, 2.24) is 15.8 Å². The van der Waals surface area contributed by atoms with Crippen molar-refractivity contribution in [2.24, 2.45) is 0 Å². The van der Waals surface area contributed by atoms with Crippen molar-refractivity contribution in [3.05, 3.63) is 35.9 Å². The molecular weight excluding hydrogens is 280 g/mol. The van der Waals surface area contributed by atoms with Gasteiger partial charge in [-0.05, 0) is 5.56 Å². The van der Waals surface area contributed by atoms with E-state index in [1.54, 1.807) is 0 Å². The molecule has 1 heterocycles. The zero-order valence-electron chi connectivity index (χ0n) is 13.3. The van der Waals surface area contributed by atoms with Crippen molar-refractivity contribution in [1.29, 1.82) is 0 Å². The molecule has 1 atom stereocenters. The van der Waals surface area contributed by atoms with Crippen molar-refractivity contribution in [3.8, 4) is 0 Å². The predicted octanol–water partition coefficient (Wildman–Crippen LogP) is -0.885. The standard InChI is InChI=1S/C16H24N4O2/c1-13(21)17-15(14-6-4-3-5-7-14)12-16(22)18-20-10-8-19(2)9-11-20/h3-7,15H,8-12H2,1-2H3,(H,17,21)(H,18,22)/p+1/t15-/m1/s1. The van der Waals surface area contributed by atoms with E-state index in [-0.39, 0.29) is 24.3 Å². The molecule has 0 spiro atoms. The molecule has 0 aromatic heterocycles. The van der Waals surface area contributed by atoms with Crippen LogP contribution in [0, 0.1) is 0 Å². The highest BCUT2D eigenvalue weighted by Gasteiger charge is 2.21. The number of carbonyl (C=O) groups is 2. The van der Waals surface area contributed by atoms with Gasteiger partial charge >= 0.3 is 0 Å². The van der Waals surface area contributed by atoms with Crippen LogP contribution in [0.15, 0.2) is 30.3 Å². The van der Waals surface area contributed by atoms with Crippen LogP contribution in [-0.2, 0) is 9.59 Å². The molecule has 2 amide bonds. The number of hydrogen-bond acceptors (Lipinski definition) is 3. The second-order valence-electron chi connectivity index (χ2n) is 5.85. The van der Waals surface area contributed by atoms with Gasteiger partial charge in [-0.25, -0.2) is 5.01 Å². The lowest BCUT2D eigenvalue weighted by Gasteiger charge is -2.30. The molecule has 1 aliphatic heterocycles. The molecule has 1 fully saturated rings. The Morgan fingerprint density at radius 2 is 1.86 bits per heavy atom. The van der Waals surface area contributed by atoms with Gasteiger partial charge in [0.2, 0.25) is 11.8 Å². The Morgan fingerprint density at radius 1 is 1.23 bits per heavy atom. The summed E-state index contributed by atoms with van der Waals surface area (Å²) < 4.78 is 0. The van der Waals surface area contributed by atoms with E-state index >= 15 is 0 Å². The summed E-state index contributed by atoms with van der Waals surface area (Å²) >= 11 is 0. The van der Waals surface area contributed by atoms with Gasteiger partial charge in [-0.3, -0.25) is 15.0 Å². The summed E-state index contributed by atoms with van der Waals surface area (Å²) in [6.45, 7) is 5.22. The number of nitrogens with one attached hydrogen (secondary N) is 3. The van der Waals surface area contributed by atoms with Crippen LogP contribution in [0.1, 0.15) is 24.9 Å². The van der Waals surface area contributed by atoms with Crippen molar-refractivity contribution in [3.63, 3.8) is 0 Å². The smallest absolute Gasteiger partial charge is 0.236 e. The first-order chi connectivity index (χ1) is 10.5. The van der Waals surface area contributed by atoms with Gasteiger partial charge in [-0.2, -0.15) is 0 Å². The third-order valence-corrected chi connectivity index (χ3v) is 3.87. The van der Waals surface area contributed by atoms with E-state index < -0.39 is 0 Å². The van der Waals surface area contributed by atoms with Gasteiger partial charge in [0.1, 0.15) is 0 Å². The predicted molar refractivity (Wildman–Crippen MR) is 84.0 cm³/mol. The lowest BCUT2D eigenvalue weighted by atomic mass is 10.0. The molecule has 6 heteroatoms. The summed E-state index contributed by atoms with van der Waals surface area (Å²) in [5, 5.41) is 4.81. The van der Waals surface area contributed by atoms with Crippen LogP contribution < -0.4 is 15.6 Å². The average molecular weight is 305 g/mol. The van der Waals surface area contributed by atoms with Gasteiger partial charge in [-0.1, -0.05) is 30.3 Å². The summed E-state index contributed by atoms with van der Waals surface area (Å²) in [5.74, 6) is -0.202. The number of nitrogens with zero attached hydrogens (tertiary/aromatic N) is 1. The molecule has 1 aliphatic rings. The van der Waals surface area contributed by atoms with E-state index in [9.17, 15) is 9.59 Å². The molecule has 6 nitrogen and oxygen atoms in total. The zero-order chi connectivity index (χ0) is 15.9. The number of amides is 2. The first-order valence-corrected chi connectivity index (χ1v) is 7.72. The van der Waals surface area contributed by atoms with E-state index in [1.807, 2.05) is 35.3 Å². The summed E-state index contributed by atoms with van der Waals surface area (Å²) in [6, 6.07) is 9.29. The van der Waals surface area contributed by atoms with Gasteiger partial charge in [0.25, 0.3) is 0 Å². The highest BCUT2D eigenvalue weighted by Crippen LogP contribution is 2.16. The van der Waals surface area contributed by atoms with E-state index in [1.165, 1.54) is 11.8 Å². The van der Waals surface area contributed by atoms with Crippen LogP contribution in [0.5, 0.6) is 0 Å². The van der Waals surface area contributed by atoms with Gasteiger partial charge < -0.3 is 10.2 Å². The Kier molecular flexibility index (Phi) is 5.91. The maximum Gasteiger partial charge on any atom is 0.236 e. The zero-order valence-corrected chi connectivity index (χ0v) is 13.3. The second-order valence-corrected chi connectivity index (χ2v) is 5.85. The van der Waals surface area contributed by atoms with Gasteiger partial charge in [0.05, 0.1) is 45.7 Å². The van der Waals surface area contributed by atoms with Crippen molar-refractivity contribution >= 4 is 11.8 Å². The van der Waals surface area contributed by atoms with Crippen molar-refractivity contribution < 1.29 is 14.5 Å². The fourth-order valence-electron chi connectivity index (χ4n) is 2.59. The number of hydrazine groups is 1. The molecule has 0 saturated carbocycles. The van der Waals surface area contributed by atoms with Crippen LogP contribution in [0.25, 0.3) is 0 Å². The Labute approximate surface area is 131 Å². The molecule has 120 valence electrons. The SMILES string of the molecule is CC(=O)N[C@H](CC(=O)NN1CC[NH+](C)CC1)c1ccccc1. The molecule has 2 rings (SSSR count). The van der Waals surface area contributed by atoms with Crippen LogP contribution in [0.3, 0.4) is 0 Å². The molecule has 1 aromatic rings. The quantitative estimate of drug-likeness (QED) is 0.662. The molecule has 0 bridgehead atoms. The Bertz CT molecular complexity index is 498. The van der Waals surface area contributed by atoms with Crippen LogP contribution in [0.4, 0.5) is 0 Å². The van der Waals surface area contributed by atoms with Gasteiger partial charge in [0, 0.05) is 6.92 Å². The third kappa shape index (κ3) is 5.13. The lowest BCUT2D eigenvalue weighted by Crippen LogP contribution is -3.12. The summed E-state index contributed by atoms with van der Waals surface area (Å²) in [4.78, 5) is 25.1. The Balaban J connectivity index is 1.92. The normalized spacial score (nSPS) is 17.7. The highest BCUT2D eigenvalue weighted by molar-refractivity contribution is 5.78. The number of rotatable bonds is 5. The molecular formula is C16H25N4O2+. The monoisotopic (exact) mass is 305 g/mol. The lowest BCUT2D eigenvalue weighted by molar-refractivity contribution is -0.884. The van der Waals surface area contributed by atoms with Crippen LogP contribution in [0.2, 0.25) is 0 Å². The fourth-order valence-corrected chi connectivity index (χ4v) is 2.59. The maximum atomic E-state index is 12.2. The Morgan fingerprint density at radius 3 is 2.45 bits per heavy atom. The number of quaternary nitrogens is 1. The molecule has 0 aliphatic carbocycles. The molecule has 0 radical (unpaired) electrons. The maximum absolute atomic E-state index is 12.2. The minimum absolute atomic E-state index is 0.0674. The number of piperazine rings is 1. The molecule has 0 unspecified atom stereocenters. The molecule has 22 heavy (non-hydrogen) atoms. The number of carbonyl (C=O) groups excluding carboxylic acids is 2. The summed E-state index contributed by atoms with van der Waals surface area (Å²) in [7, 11) is 2.15. The van der Waals surface area contributed by atoms with Crippen molar-refractivity contribution in [2.45, 2.75) is 19.4 Å². The largest absolute Gasteiger partial charge is 0.349 e. The minimum Gasteiger partial charge on any atom is -0.349 e. The first-order valence-electron chi connectivity index (χ1n) is 7.72. The van der Waals surface area contributed by atoms with Gasteiger partial charge in [0.15, 0.2) is 0 Å². The van der Waals surface area contributed by atoms with E-state index in [2.05, 4.69) is 17.8 Å². The summed E-state index contributed by atoms with van der Waals surface area (Å²) in [6.07, 6.45) is 0.239. The Hall–Kier alpha value is -1.92. The van der Waals surface area contributed by atoms with Crippen LogP contribution >= 0.6 is 0 Å². The topological polar surface area (TPSA) is 65.9 Å². The second kappa shape index (κ2) is 7.91. The van der Waals surface area contributed by atoms with E-state index in [0.717, 1.165) is 31.7 Å². The number of benzene rings is 1. The molecule has 3 N–H and O–H groups in total. The third-order valence-electron chi connectivity index (χ3n) is 3.87. The highest BCUT2D eigenvalue weighted by atomic mass is 16.2. The van der Waals surface area contributed by atoms with Crippen LogP contribution in [-0.4, -0.2) is 50.0 Å². The molecule has 1 aromatic carbocycles. The fraction of sp³-hybridized carbons (Fsp3) is 0.500. The number of likely N-dealkylation sites (N-methyl/N-ethyl adjacent to an activating group) is 1. The average Bonchev–Trinajstić information content (AvgIpc) is 2.49. The minimum atomic E-state index is -0.295. The molecule has 1 saturated heterocycles. The van der Waals surface area contributed by atoms with E-state index in [0.29, 0.717) is 0 Å².